The van der Waals surface area contributed by atoms with Gasteiger partial charge in [-0.2, -0.15) is 0 Å². The van der Waals surface area contributed by atoms with Crippen molar-refractivity contribution in [3.05, 3.63) is 29.3 Å². The number of aryl methyl sites for hydroxylation is 1. The zero-order valence-electron chi connectivity index (χ0n) is 13.4. The van der Waals surface area contributed by atoms with Gasteiger partial charge in [-0.3, -0.25) is 0 Å². The topological polar surface area (TPSA) is 32.5 Å². The number of nitrogens with zero attached hydrogens (tertiary/aromatic N) is 2. The first-order valence-corrected chi connectivity index (χ1v) is 7.77. The Bertz CT molecular complexity index is 442. The number of rotatable bonds is 5. The summed E-state index contributed by atoms with van der Waals surface area (Å²) < 4.78 is 0. The van der Waals surface area contributed by atoms with E-state index in [1.807, 2.05) is 0 Å². The van der Waals surface area contributed by atoms with Gasteiger partial charge in [-0.1, -0.05) is 24.6 Å². The van der Waals surface area contributed by atoms with Crippen LogP contribution >= 0.6 is 0 Å². The Morgan fingerprint density at radius 2 is 2.15 bits per heavy atom. The van der Waals surface area contributed by atoms with Gasteiger partial charge in [0, 0.05) is 30.9 Å². The monoisotopic (exact) mass is 275 g/mol. The highest BCUT2D eigenvalue weighted by Crippen LogP contribution is 2.28. The minimum absolute atomic E-state index is 0.266. The third-order valence-electron chi connectivity index (χ3n) is 4.48. The van der Waals surface area contributed by atoms with Crippen molar-refractivity contribution in [2.75, 3.05) is 32.1 Å². The number of hydrogen-bond acceptors (Lipinski definition) is 3. The van der Waals surface area contributed by atoms with Gasteiger partial charge in [0.05, 0.1) is 0 Å². The van der Waals surface area contributed by atoms with Gasteiger partial charge < -0.3 is 15.5 Å². The molecule has 0 aliphatic carbocycles. The molecule has 2 rings (SSSR count). The first-order valence-electron chi connectivity index (χ1n) is 7.77. The maximum absolute atomic E-state index is 6.17. The van der Waals surface area contributed by atoms with Crippen LogP contribution in [0, 0.1) is 6.92 Å². The molecule has 1 saturated heterocycles. The Kier molecular flexibility index (Phi) is 5.06. The third kappa shape index (κ3) is 3.53. The van der Waals surface area contributed by atoms with Crippen LogP contribution < -0.4 is 10.6 Å². The minimum Gasteiger partial charge on any atom is -0.370 e. The summed E-state index contributed by atoms with van der Waals surface area (Å²) in [5, 5.41) is 0. The molecule has 0 aromatic heterocycles. The molecule has 2 N–H and O–H groups in total. The first kappa shape index (κ1) is 15.3. The molecule has 0 spiro atoms. The summed E-state index contributed by atoms with van der Waals surface area (Å²) in [6, 6.07) is 7.75. The van der Waals surface area contributed by atoms with Crippen molar-refractivity contribution in [3.63, 3.8) is 0 Å². The van der Waals surface area contributed by atoms with Gasteiger partial charge in [0.2, 0.25) is 0 Å². The second-order valence-corrected chi connectivity index (χ2v) is 6.36. The molecule has 0 bridgehead atoms. The SMILES string of the molecule is CCC(N)Cc1cc(C)ccc1N1CCC(N(C)C)C1. The summed E-state index contributed by atoms with van der Waals surface area (Å²) in [4.78, 5) is 4.87. The van der Waals surface area contributed by atoms with Crippen molar-refractivity contribution >= 4 is 5.69 Å². The summed E-state index contributed by atoms with van der Waals surface area (Å²) in [6.07, 6.45) is 3.27. The predicted molar refractivity (Wildman–Crippen MR) is 87.5 cm³/mol. The fourth-order valence-corrected chi connectivity index (χ4v) is 3.00. The normalized spacial score (nSPS) is 20.7. The molecule has 2 unspecified atom stereocenters. The average Bonchev–Trinajstić information content (AvgIpc) is 2.88. The van der Waals surface area contributed by atoms with E-state index in [1.165, 1.54) is 23.2 Å². The van der Waals surface area contributed by atoms with Gasteiger partial charge in [0.15, 0.2) is 0 Å². The van der Waals surface area contributed by atoms with Crippen molar-refractivity contribution in [2.45, 2.75) is 45.2 Å². The van der Waals surface area contributed by atoms with Crippen LogP contribution in [0.4, 0.5) is 5.69 Å². The van der Waals surface area contributed by atoms with E-state index in [1.54, 1.807) is 0 Å². The molecule has 1 heterocycles. The molecule has 112 valence electrons. The Labute approximate surface area is 123 Å². The maximum Gasteiger partial charge on any atom is 0.0400 e. The van der Waals surface area contributed by atoms with E-state index < -0.39 is 0 Å². The van der Waals surface area contributed by atoms with Crippen molar-refractivity contribution in [2.24, 2.45) is 5.73 Å². The van der Waals surface area contributed by atoms with Crippen LogP contribution in [0.1, 0.15) is 30.9 Å². The molecule has 3 heteroatoms. The predicted octanol–water partition coefficient (Wildman–Crippen LogP) is 2.42. The molecule has 1 aliphatic rings. The molecule has 0 amide bonds. The van der Waals surface area contributed by atoms with Crippen LogP contribution in [0.25, 0.3) is 0 Å². The minimum atomic E-state index is 0.266. The Hall–Kier alpha value is -1.06. The second-order valence-electron chi connectivity index (χ2n) is 6.36. The molecule has 1 fully saturated rings. The van der Waals surface area contributed by atoms with Crippen LogP contribution in [0.3, 0.4) is 0 Å². The van der Waals surface area contributed by atoms with Crippen LogP contribution in [0.5, 0.6) is 0 Å². The smallest absolute Gasteiger partial charge is 0.0400 e. The average molecular weight is 275 g/mol. The lowest BCUT2D eigenvalue weighted by Crippen LogP contribution is -2.32. The highest BCUT2D eigenvalue weighted by atomic mass is 15.2. The van der Waals surface area contributed by atoms with E-state index in [9.17, 15) is 0 Å². The number of likely N-dealkylation sites (N-methyl/N-ethyl adjacent to an activating group) is 1. The van der Waals surface area contributed by atoms with E-state index in [2.05, 4.69) is 55.9 Å². The van der Waals surface area contributed by atoms with Gasteiger partial charge in [0.1, 0.15) is 0 Å². The molecular weight excluding hydrogens is 246 g/mol. The fourth-order valence-electron chi connectivity index (χ4n) is 3.00. The van der Waals surface area contributed by atoms with Gasteiger partial charge in [-0.25, -0.2) is 0 Å². The van der Waals surface area contributed by atoms with Crippen molar-refractivity contribution in [1.29, 1.82) is 0 Å². The van der Waals surface area contributed by atoms with Crippen molar-refractivity contribution in [1.82, 2.24) is 4.90 Å². The molecule has 20 heavy (non-hydrogen) atoms. The lowest BCUT2D eigenvalue weighted by molar-refractivity contribution is 0.315. The lowest BCUT2D eigenvalue weighted by Gasteiger charge is -2.25. The number of benzene rings is 1. The summed E-state index contributed by atoms with van der Waals surface area (Å²) in [6.45, 7) is 6.61. The summed E-state index contributed by atoms with van der Waals surface area (Å²) >= 11 is 0. The first-order chi connectivity index (χ1) is 9.51. The maximum atomic E-state index is 6.17. The zero-order chi connectivity index (χ0) is 14.7. The number of hydrogen-bond donors (Lipinski definition) is 1. The van der Waals surface area contributed by atoms with E-state index in [4.69, 9.17) is 5.73 Å². The van der Waals surface area contributed by atoms with E-state index in [-0.39, 0.29) is 6.04 Å². The highest BCUT2D eigenvalue weighted by Gasteiger charge is 2.25. The summed E-state index contributed by atoms with van der Waals surface area (Å²) in [5.41, 5.74) is 10.3. The number of anilines is 1. The van der Waals surface area contributed by atoms with Gasteiger partial charge in [-0.05, 0) is 51.9 Å². The lowest BCUT2D eigenvalue weighted by atomic mass is 10.00. The fraction of sp³-hybridized carbons (Fsp3) is 0.647. The molecule has 2 atom stereocenters. The van der Waals surface area contributed by atoms with E-state index >= 15 is 0 Å². The van der Waals surface area contributed by atoms with Gasteiger partial charge in [-0.15, -0.1) is 0 Å². The van der Waals surface area contributed by atoms with Crippen molar-refractivity contribution < 1.29 is 0 Å². The third-order valence-corrected chi connectivity index (χ3v) is 4.48. The summed E-state index contributed by atoms with van der Waals surface area (Å²) in [7, 11) is 4.36. The van der Waals surface area contributed by atoms with E-state index in [0.29, 0.717) is 6.04 Å². The molecular formula is C17H29N3. The van der Waals surface area contributed by atoms with Crippen LogP contribution in [0.2, 0.25) is 0 Å². The molecule has 0 radical (unpaired) electrons. The molecule has 1 aromatic carbocycles. The van der Waals surface area contributed by atoms with Gasteiger partial charge in [0.25, 0.3) is 0 Å². The van der Waals surface area contributed by atoms with Crippen molar-refractivity contribution in [3.8, 4) is 0 Å². The Morgan fingerprint density at radius 1 is 1.40 bits per heavy atom. The second kappa shape index (κ2) is 6.59. The molecule has 3 nitrogen and oxygen atoms in total. The highest BCUT2D eigenvalue weighted by molar-refractivity contribution is 5.56. The molecule has 1 aromatic rings. The van der Waals surface area contributed by atoms with Crippen LogP contribution in [0.15, 0.2) is 18.2 Å². The molecule has 1 aliphatic heterocycles. The van der Waals surface area contributed by atoms with Crippen LogP contribution in [-0.4, -0.2) is 44.2 Å². The van der Waals surface area contributed by atoms with Crippen LogP contribution in [-0.2, 0) is 6.42 Å². The quantitative estimate of drug-likeness (QED) is 0.896. The Morgan fingerprint density at radius 3 is 2.75 bits per heavy atom. The van der Waals surface area contributed by atoms with Gasteiger partial charge >= 0.3 is 0 Å². The summed E-state index contributed by atoms with van der Waals surface area (Å²) in [5.74, 6) is 0. The number of nitrogens with two attached hydrogens (primary N) is 1. The largest absolute Gasteiger partial charge is 0.370 e. The standard InChI is InChI=1S/C17H29N3/c1-5-15(18)11-14-10-13(2)6-7-17(14)20-9-8-16(12-20)19(3)4/h6-7,10,15-16H,5,8-9,11-12,18H2,1-4H3. The Balaban J connectivity index is 2.19. The zero-order valence-corrected chi connectivity index (χ0v) is 13.4. The van der Waals surface area contributed by atoms with E-state index in [0.717, 1.165) is 25.9 Å². The molecule has 0 saturated carbocycles.